The smallest absolute Gasteiger partial charge is 0.335 e. The van der Waals surface area contributed by atoms with E-state index < -0.39 is 5.97 Å². The third-order valence-corrected chi connectivity index (χ3v) is 2.92. The molecule has 2 N–H and O–H groups in total. The molecule has 0 bridgehead atoms. The molecular formula is C13H15NO3. The van der Waals surface area contributed by atoms with Crippen LogP contribution in [0.4, 0.5) is 0 Å². The quantitative estimate of drug-likeness (QED) is 0.846. The van der Waals surface area contributed by atoms with Crippen molar-refractivity contribution in [3.63, 3.8) is 0 Å². The van der Waals surface area contributed by atoms with Gasteiger partial charge in [-0.25, -0.2) is 4.79 Å². The van der Waals surface area contributed by atoms with E-state index in [4.69, 9.17) is 10.2 Å². The number of aryl methyl sites for hydroxylation is 2. The van der Waals surface area contributed by atoms with E-state index in [0.717, 1.165) is 29.3 Å². The number of aromatic nitrogens is 1. The van der Waals surface area contributed by atoms with Crippen molar-refractivity contribution in [1.29, 1.82) is 0 Å². The Hall–Kier alpha value is -1.81. The standard InChI is InChI=1S/C13H15NO3/c1-14-8-10(3-2-6-15)11-5-4-9(13(16)17)7-12(11)14/h4-5,7-8,15H,2-3,6H2,1H3,(H,16,17). The molecule has 0 amide bonds. The SMILES string of the molecule is Cn1cc(CCCO)c2ccc(C(=O)O)cc21. The van der Waals surface area contributed by atoms with Crippen LogP contribution in [0.25, 0.3) is 10.9 Å². The molecule has 1 aromatic carbocycles. The lowest BCUT2D eigenvalue weighted by molar-refractivity contribution is 0.0697. The molecule has 90 valence electrons. The largest absolute Gasteiger partial charge is 0.478 e. The van der Waals surface area contributed by atoms with Crippen molar-refractivity contribution < 1.29 is 15.0 Å². The van der Waals surface area contributed by atoms with Gasteiger partial charge in [-0.1, -0.05) is 6.07 Å². The van der Waals surface area contributed by atoms with E-state index in [2.05, 4.69) is 0 Å². The van der Waals surface area contributed by atoms with Crippen LogP contribution < -0.4 is 0 Å². The lowest BCUT2D eigenvalue weighted by atomic mass is 10.1. The van der Waals surface area contributed by atoms with Crippen molar-refractivity contribution in [3.8, 4) is 0 Å². The zero-order chi connectivity index (χ0) is 12.4. The predicted octanol–water partition coefficient (Wildman–Crippen LogP) is 1.80. The molecule has 0 aliphatic rings. The van der Waals surface area contributed by atoms with E-state index in [1.165, 1.54) is 0 Å². The summed E-state index contributed by atoms with van der Waals surface area (Å²) in [4.78, 5) is 10.9. The number of aliphatic hydroxyl groups excluding tert-OH is 1. The number of rotatable bonds is 4. The minimum Gasteiger partial charge on any atom is -0.478 e. The molecule has 0 fully saturated rings. The summed E-state index contributed by atoms with van der Waals surface area (Å²) >= 11 is 0. The highest BCUT2D eigenvalue weighted by molar-refractivity contribution is 5.94. The van der Waals surface area contributed by atoms with E-state index in [0.29, 0.717) is 5.56 Å². The average Bonchev–Trinajstić information content (AvgIpc) is 2.63. The molecule has 2 aromatic rings. The van der Waals surface area contributed by atoms with E-state index in [1.807, 2.05) is 23.9 Å². The van der Waals surface area contributed by atoms with E-state index >= 15 is 0 Å². The fourth-order valence-corrected chi connectivity index (χ4v) is 2.07. The van der Waals surface area contributed by atoms with Crippen LogP contribution in [-0.4, -0.2) is 27.4 Å². The highest BCUT2D eigenvalue weighted by atomic mass is 16.4. The van der Waals surface area contributed by atoms with E-state index in [-0.39, 0.29) is 6.61 Å². The van der Waals surface area contributed by atoms with Crippen LogP contribution in [0.1, 0.15) is 22.3 Å². The first-order valence-electron chi connectivity index (χ1n) is 5.55. The Morgan fingerprint density at radius 3 is 2.82 bits per heavy atom. The van der Waals surface area contributed by atoms with Crippen LogP contribution in [0.15, 0.2) is 24.4 Å². The van der Waals surface area contributed by atoms with Gasteiger partial charge in [0.2, 0.25) is 0 Å². The minimum atomic E-state index is -0.912. The van der Waals surface area contributed by atoms with Gasteiger partial charge in [-0.3, -0.25) is 0 Å². The number of nitrogens with zero attached hydrogens (tertiary/aromatic N) is 1. The minimum absolute atomic E-state index is 0.170. The summed E-state index contributed by atoms with van der Waals surface area (Å²) < 4.78 is 1.93. The summed E-state index contributed by atoms with van der Waals surface area (Å²) in [6.45, 7) is 0.170. The summed E-state index contributed by atoms with van der Waals surface area (Å²) in [5.41, 5.74) is 2.36. The molecule has 17 heavy (non-hydrogen) atoms. The molecule has 0 saturated heterocycles. The third-order valence-electron chi connectivity index (χ3n) is 2.92. The van der Waals surface area contributed by atoms with Gasteiger partial charge in [-0.15, -0.1) is 0 Å². The van der Waals surface area contributed by atoms with Crippen molar-refractivity contribution in [2.45, 2.75) is 12.8 Å². The number of carbonyl (C=O) groups is 1. The lowest BCUT2D eigenvalue weighted by Crippen LogP contribution is -1.96. The molecule has 4 nitrogen and oxygen atoms in total. The Balaban J connectivity index is 2.49. The van der Waals surface area contributed by atoms with E-state index in [1.54, 1.807) is 12.1 Å². The second kappa shape index (κ2) is 4.59. The summed E-state index contributed by atoms with van der Waals surface area (Å²) in [6, 6.07) is 5.14. The van der Waals surface area contributed by atoms with E-state index in [9.17, 15) is 4.79 Å². The second-order valence-electron chi connectivity index (χ2n) is 4.13. The molecule has 0 unspecified atom stereocenters. The van der Waals surface area contributed by atoms with Gasteiger partial charge in [0.15, 0.2) is 0 Å². The first-order chi connectivity index (χ1) is 8.13. The zero-order valence-corrected chi connectivity index (χ0v) is 9.68. The molecule has 0 atom stereocenters. The Morgan fingerprint density at radius 1 is 1.41 bits per heavy atom. The molecule has 0 aliphatic heterocycles. The first-order valence-corrected chi connectivity index (χ1v) is 5.55. The van der Waals surface area contributed by atoms with Gasteiger partial charge < -0.3 is 14.8 Å². The average molecular weight is 233 g/mol. The van der Waals surface area contributed by atoms with Crippen LogP contribution in [0, 0.1) is 0 Å². The molecule has 0 spiro atoms. The maximum atomic E-state index is 10.9. The number of carboxylic acids is 1. The van der Waals surface area contributed by atoms with Crippen molar-refractivity contribution >= 4 is 16.9 Å². The fourth-order valence-electron chi connectivity index (χ4n) is 2.07. The highest BCUT2D eigenvalue weighted by Crippen LogP contribution is 2.23. The number of aromatic carboxylic acids is 1. The van der Waals surface area contributed by atoms with Gasteiger partial charge in [0.25, 0.3) is 0 Å². The Kier molecular flexibility index (Phi) is 3.15. The van der Waals surface area contributed by atoms with Gasteiger partial charge in [0.1, 0.15) is 0 Å². The predicted molar refractivity (Wildman–Crippen MR) is 65.3 cm³/mol. The summed E-state index contributed by atoms with van der Waals surface area (Å²) in [5, 5.41) is 18.8. The van der Waals surface area contributed by atoms with Gasteiger partial charge in [-0.05, 0) is 30.5 Å². The third kappa shape index (κ3) is 2.17. The van der Waals surface area contributed by atoms with Crippen molar-refractivity contribution in [3.05, 3.63) is 35.5 Å². The summed E-state index contributed by atoms with van der Waals surface area (Å²) in [6.07, 6.45) is 3.52. The first kappa shape index (κ1) is 11.7. The normalized spacial score (nSPS) is 10.9. The molecule has 4 heteroatoms. The van der Waals surface area contributed by atoms with Crippen molar-refractivity contribution in [1.82, 2.24) is 4.57 Å². The number of benzene rings is 1. The van der Waals surface area contributed by atoms with Crippen LogP contribution in [0.2, 0.25) is 0 Å². The number of hydrogen-bond donors (Lipinski definition) is 2. The molecule has 2 rings (SSSR count). The molecule has 0 saturated carbocycles. The maximum absolute atomic E-state index is 10.9. The van der Waals surface area contributed by atoms with Crippen LogP contribution in [0.5, 0.6) is 0 Å². The molecule has 1 heterocycles. The van der Waals surface area contributed by atoms with Crippen molar-refractivity contribution in [2.75, 3.05) is 6.61 Å². The van der Waals surface area contributed by atoms with Crippen molar-refractivity contribution in [2.24, 2.45) is 7.05 Å². The van der Waals surface area contributed by atoms with Gasteiger partial charge in [0, 0.05) is 30.8 Å². The van der Waals surface area contributed by atoms with Gasteiger partial charge in [-0.2, -0.15) is 0 Å². The highest BCUT2D eigenvalue weighted by Gasteiger charge is 2.09. The summed E-state index contributed by atoms with van der Waals surface area (Å²) in [7, 11) is 1.90. The number of carboxylic acid groups (broad SMARTS) is 1. The van der Waals surface area contributed by atoms with Crippen LogP contribution in [-0.2, 0) is 13.5 Å². The molecular weight excluding hydrogens is 218 g/mol. The molecule has 1 aromatic heterocycles. The zero-order valence-electron chi connectivity index (χ0n) is 9.68. The second-order valence-corrected chi connectivity index (χ2v) is 4.13. The Labute approximate surface area is 99.1 Å². The number of fused-ring (bicyclic) bond motifs is 1. The summed E-state index contributed by atoms with van der Waals surface area (Å²) in [5.74, 6) is -0.912. The maximum Gasteiger partial charge on any atom is 0.335 e. The van der Waals surface area contributed by atoms with Gasteiger partial charge in [0.05, 0.1) is 5.56 Å². The van der Waals surface area contributed by atoms with Gasteiger partial charge >= 0.3 is 5.97 Å². The van der Waals surface area contributed by atoms with Crippen LogP contribution >= 0.6 is 0 Å². The van der Waals surface area contributed by atoms with Crippen LogP contribution in [0.3, 0.4) is 0 Å². The molecule has 0 aliphatic carbocycles. The number of hydrogen-bond acceptors (Lipinski definition) is 2. The molecule has 0 radical (unpaired) electrons. The topological polar surface area (TPSA) is 62.5 Å². The lowest BCUT2D eigenvalue weighted by Gasteiger charge is -1.99. The fraction of sp³-hybridized carbons (Fsp3) is 0.308. The monoisotopic (exact) mass is 233 g/mol. The Bertz CT molecular complexity index is 557. The Morgan fingerprint density at radius 2 is 2.18 bits per heavy atom. The number of aliphatic hydroxyl groups is 1.